The molecule has 2 aromatic rings. The van der Waals surface area contributed by atoms with Crippen LogP contribution in [0.5, 0.6) is 0 Å². The van der Waals surface area contributed by atoms with Gasteiger partial charge in [0.1, 0.15) is 0 Å². The zero-order valence-electron chi connectivity index (χ0n) is 14.9. The number of esters is 1. The average molecular weight is 351 g/mol. The predicted molar refractivity (Wildman–Crippen MR) is 102 cm³/mol. The Morgan fingerprint density at radius 3 is 2.27 bits per heavy atom. The normalized spacial score (nSPS) is 17.8. The summed E-state index contributed by atoms with van der Waals surface area (Å²) < 4.78 is 5.58. The number of carbonyl (C=O) groups excluding carboxylic acids is 1. The zero-order valence-corrected chi connectivity index (χ0v) is 14.9. The van der Waals surface area contributed by atoms with Gasteiger partial charge in [0.2, 0.25) is 5.60 Å². The van der Waals surface area contributed by atoms with Crippen LogP contribution in [0.15, 0.2) is 73.3 Å². The van der Waals surface area contributed by atoms with Crippen molar-refractivity contribution in [3.05, 3.63) is 84.4 Å². The molecule has 0 bridgehead atoms. The maximum atomic E-state index is 12.9. The molecule has 136 valence electrons. The van der Waals surface area contributed by atoms with Gasteiger partial charge in [0, 0.05) is 19.0 Å². The third kappa shape index (κ3) is 3.87. The molecule has 0 aromatic heterocycles. The van der Waals surface area contributed by atoms with Crippen LogP contribution in [-0.2, 0) is 15.1 Å². The zero-order chi connectivity index (χ0) is 18.4. The van der Waals surface area contributed by atoms with Crippen LogP contribution in [0.3, 0.4) is 0 Å². The maximum Gasteiger partial charge on any atom is 0.347 e. The van der Waals surface area contributed by atoms with Crippen LogP contribution >= 0.6 is 0 Å². The highest BCUT2D eigenvalue weighted by Gasteiger charge is 2.42. The molecule has 0 amide bonds. The van der Waals surface area contributed by atoms with Crippen molar-refractivity contribution in [1.29, 1.82) is 0 Å². The average Bonchev–Trinajstić information content (AvgIpc) is 3.14. The van der Waals surface area contributed by atoms with Crippen molar-refractivity contribution in [2.24, 2.45) is 5.92 Å². The van der Waals surface area contributed by atoms with E-state index >= 15 is 0 Å². The van der Waals surface area contributed by atoms with Crippen LogP contribution in [0.4, 0.5) is 0 Å². The molecule has 4 nitrogen and oxygen atoms in total. The Hall–Kier alpha value is -2.43. The number of ether oxygens (including phenoxy) is 1. The molecular formula is C22H25NO3. The Bertz CT molecular complexity index is 690. The second-order valence-electron chi connectivity index (χ2n) is 6.74. The molecule has 1 N–H and O–H groups in total. The first kappa shape index (κ1) is 18.4. The van der Waals surface area contributed by atoms with Crippen molar-refractivity contribution < 1.29 is 14.6 Å². The standard InChI is InChI=1S/C22H25NO3/c1-2-14-23-15-13-18(16-23)17-26-21(24)22(25,19-9-5-3-6-10-19)20-11-7-4-8-12-20/h2-12,18,25H,1,13-17H2. The molecule has 26 heavy (non-hydrogen) atoms. The minimum atomic E-state index is -1.80. The van der Waals surface area contributed by atoms with Crippen molar-refractivity contribution in [3.8, 4) is 0 Å². The highest BCUT2D eigenvalue weighted by Crippen LogP contribution is 2.31. The molecule has 1 unspecified atom stereocenters. The first-order valence-electron chi connectivity index (χ1n) is 8.98. The number of aliphatic hydroxyl groups is 1. The lowest BCUT2D eigenvalue weighted by molar-refractivity contribution is -0.163. The quantitative estimate of drug-likeness (QED) is 0.615. The van der Waals surface area contributed by atoms with E-state index in [2.05, 4.69) is 11.5 Å². The monoisotopic (exact) mass is 351 g/mol. The van der Waals surface area contributed by atoms with Crippen LogP contribution in [0.25, 0.3) is 0 Å². The molecule has 1 aliphatic rings. The summed E-state index contributed by atoms with van der Waals surface area (Å²) in [6.07, 6.45) is 2.87. The largest absolute Gasteiger partial charge is 0.463 e. The van der Waals surface area contributed by atoms with E-state index in [1.165, 1.54) is 0 Å². The molecule has 0 spiro atoms. The molecular weight excluding hydrogens is 326 g/mol. The molecule has 4 heteroatoms. The van der Waals surface area contributed by atoms with Crippen LogP contribution in [0.2, 0.25) is 0 Å². The van der Waals surface area contributed by atoms with Gasteiger partial charge >= 0.3 is 5.97 Å². The highest BCUT2D eigenvalue weighted by atomic mass is 16.5. The number of carbonyl (C=O) groups is 1. The Labute approximate surface area is 154 Å². The van der Waals surface area contributed by atoms with Gasteiger partial charge in [-0.2, -0.15) is 0 Å². The summed E-state index contributed by atoms with van der Waals surface area (Å²) in [5, 5.41) is 11.3. The smallest absolute Gasteiger partial charge is 0.347 e. The molecule has 1 fully saturated rings. The van der Waals surface area contributed by atoms with E-state index in [-0.39, 0.29) is 5.92 Å². The van der Waals surface area contributed by atoms with E-state index in [0.29, 0.717) is 17.7 Å². The summed E-state index contributed by atoms with van der Waals surface area (Å²) in [6, 6.07) is 17.9. The molecule has 1 saturated heterocycles. The van der Waals surface area contributed by atoms with E-state index in [1.54, 1.807) is 48.5 Å². The maximum absolute atomic E-state index is 12.9. The third-order valence-electron chi connectivity index (χ3n) is 4.89. The second-order valence-corrected chi connectivity index (χ2v) is 6.74. The lowest BCUT2D eigenvalue weighted by Crippen LogP contribution is -2.39. The fourth-order valence-electron chi connectivity index (χ4n) is 3.46. The summed E-state index contributed by atoms with van der Waals surface area (Å²) >= 11 is 0. The fourth-order valence-corrected chi connectivity index (χ4v) is 3.46. The van der Waals surface area contributed by atoms with E-state index < -0.39 is 11.6 Å². The minimum absolute atomic E-state index is 0.287. The summed E-state index contributed by atoms with van der Waals surface area (Å²) in [4.78, 5) is 15.2. The van der Waals surface area contributed by atoms with Gasteiger partial charge in [-0.3, -0.25) is 4.90 Å². The molecule has 0 aliphatic carbocycles. The number of hydrogen-bond donors (Lipinski definition) is 1. The van der Waals surface area contributed by atoms with Crippen molar-refractivity contribution in [1.82, 2.24) is 4.90 Å². The van der Waals surface area contributed by atoms with E-state index in [9.17, 15) is 9.90 Å². The summed E-state index contributed by atoms with van der Waals surface area (Å²) in [5.41, 5.74) is -0.783. The molecule has 1 atom stereocenters. The molecule has 0 radical (unpaired) electrons. The van der Waals surface area contributed by atoms with Gasteiger partial charge < -0.3 is 9.84 Å². The topological polar surface area (TPSA) is 49.8 Å². The Morgan fingerprint density at radius 2 is 1.73 bits per heavy atom. The van der Waals surface area contributed by atoms with Gasteiger partial charge in [0.15, 0.2) is 0 Å². The van der Waals surface area contributed by atoms with E-state index in [0.717, 1.165) is 26.1 Å². The summed E-state index contributed by atoms with van der Waals surface area (Å²) in [6.45, 7) is 6.79. The van der Waals surface area contributed by atoms with Crippen molar-refractivity contribution in [2.45, 2.75) is 12.0 Å². The van der Waals surface area contributed by atoms with Gasteiger partial charge in [-0.05, 0) is 24.1 Å². The Kier molecular flexibility index (Phi) is 5.86. The van der Waals surface area contributed by atoms with Gasteiger partial charge in [0.05, 0.1) is 6.61 Å². The highest BCUT2D eigenvalue weighted by molar-refractivity contribution is 5.85. The molecule has 2 aromatic carbocycles. The summed E-state index contributed by atoms with van der Waals surface area (Å²) in [5.74, 6) is -0.341. The fraction of sp³-hybridized carbons (Fsp3) is 0.318. The lowest BCUT2D eigenvalue weighted by atomic mass is 9.86. The lowest BCUT2D eigenvalue weighted by Gasteiger charge is -2.27. The molecule has 0 saturated carbocycles. The number of nitrogens with zero attached hydrogens (tertiary/aromatic N) is 1. The van der Waals surface area contributed by atoms with Gasteiger partial charge in [-0.1, -0.05) is 66.7 Å². The van der Waals surface area contributed by atoms with E-state index in [1.807, 2.05) is 18.2 Å². The number of benzene rings is 2. The van der Waals surface area contributed by atoms with Gasteiger partial charge in [-0.15, -0.1) is 6.58 Å². The van der Waals surface area contributed by atoms with Crippen LogP contribution < -0.4 is 0 Å². The number of hydrogen-bond acceptors (Lipinski definition) is 4. The van der Waals surface area contributed by atoms with E-state index in [4.69, 9.17) is 4.74 Å². The Morgan fingerprint density at radius 1 is 1.15 bits per heavy atom. The molecule has 3 rings (SSSR count). The third-order valence-corrected chi connectivity index (χ3v) is 4.89. The van der Waals surface area contributed by atoms with Crippen LogP contribution in [-0.4, -0.2) is 42.2 Å². The van der Waals surface area contributed by atoms with Crippen molar-refractivity contribution >= 4 is 5.97 Å². The molecule has 1 aliphatic heterocycles. The Balaban J connectivity index is 1.75. The van der Waals surface area contributed by atoms with Crippen LogP contribution in [0, 0.1) is 5.92 Å². The van der Waals surface area contributed by atoms with Crippen molar-refractivity contribution in [3.63, 3.8) is 0 Å². The van der Waals surface area contributed by atoms with Crippen LogP contribution in [0.1, 0.15) is 17.5 Å². The first-order chi connectivity index (χ1) is 12.6. The van der Waals surface area contributed by atoms with Gasteiger partial charge in [0.25, 0.3) is 0 Å². The first-order valence-corrected chi connectivity index (χ1v) is 8.98. The minimum Gasteiger partial charge on any atom is -0.463 e. The van der Waals surface area contributed by atoms with Gasteiger partial charge in [-0.25, -0.2) is 4.79 Å². The number of rotatable bonds is 7. The SMILES string of the molecule is C=CCN1CCC(COC(=O)C(O)(c2ccccc2)c2ccccc2)C1. The van der Waals surface area contributed by atoms with Crippen molar-refractivity contribution in [2.75, 3.05) is 26.2 Å². The second kappa shape index (κ2) is 8.30. The predicted octanol–water partition coefficient (Wildman–Crippen LogP) is 2.97. The number of likely N-dealkylation sites (tertiary alicyclic amines) is 1. The molecule has 1 heterocycles. The summed E-state index contributed by atoms with van der Waals surface area (Å²) in [7, 11) is 0.